The number of aliphatic carboxylic acids is 1. The van der Waals surface area contributed by atoms with Crippen LogP contribution < -0.4 is 0 Å². The fraction of sp³-hybridized carbons (Fsp3) is 0.500. The van der Waals surface area contributed by atoms with Crippen LogP contribution in [-0.2, 0) is 16.6 Å². The Morgan fingerprint density at radius 3 is 2.44 bits per heavy atom. The third-order valence-corrected chi connectivity index (χ3v) is 3.10. The second-order valence-corrected chi connectivity index (χ2v) is 4.95. The van der Waals surface area contributed by atoms with Crippen LogP contribution in [0.2, 0.25) is 0 Å². The van der Waals surface area contributed by atoms with Gasteiger partial charge in [-0.25, -0.2) is 0 Å². The summed E-state index contributed by atoms with van der Waals surface area (Å²) >= 11 is 0. The van der Waals surface area contributed by atoms with Crippen molar-refractivity contribution in [3.05, 3.63) is 34.9 Å². The van der Waals surface area contributed by atoms with E-state index in [0.717, 1.165) is 12.0 Å². The van der Waals surface area contributed by atoms with Crippen LogP contribution in [0.5, 0.6) is 0 Å². The maximum Gasteiger partial charge on any atom is 0.304 e. The molecule has 2 heteroatoms. The number of rotatable bonds is 4. The van der Waals surface area contributed by atoms with Crippen molar-refractivity contribution in [2.75, 3.05) is 0 Å². The molecule has 0 amide bonds. The molecule has 0 atom stereocenters. The van der Waals surface area contributed by atoms with Crippen molar-refractivity contribution in [3.63, 3.8) is 0 Å². The summed E-state index contributed by atoms with van der Waals surface area (Å²) in [6.07, 6.45) is 1.18. The summed E-state index contributed by atoms with van der Waals surface area (Å²) in [7, 11) is 0. The first-order chi connectivity index (χ1) is 7.36. The highest BCUT2D eigenvalue weighted by molar-refractivity contribution is 5.69. The topological polar surface area (TPSA) is 37.3 Å². The Kier molecular flexibility index (Phi) is 3.74. The molecule has 0 aliphatic carbocycles. The van der Waals surface area contributed by atoms with Gasteiger partial charge in [0.25, 0.3) is 0 Å². The molecule has 0 saturated carbocycles. The molecule has 0 aliphatic rings. The van der Waals surface area contributed by atoms with E-state index in [9.17, 15) is 4.79 Å². The Morgan fingerprint density at radius 1 is 1.38 bits per heavy atom. The highest BCUT2D eigenvalue weighted by Crippen LogP contribution is 2.28. The van der Waals surface area contributed by atoms with Crippen molar-refractivity contribution in [3.8, 4) is 0 Å². The molecule has 1 N–H and O–H groups in total. The number of hydrogen-bond acceptors (Lipinski definition) is 1. The van der Waals surface area contributed by atoms with Gasteiger partial charge in [0.1, 0.15) is 0 Å². The first-order valence-electron chi connectivity index (χ1n) is 5.68. The van der Waals surface area contributed by atoms with Crippen LogP contribution >= 0.6 is 0 Å². The van der Waals surface area contributed by atoms with Crippen LogP contribution in [0.15, 0.2) is 18.2 Å². The van der Waals surface area contributed by atoms with Crippen molar-refractivity contribution in [1.82, 2.24) is 0 Å². The number of carboxylic acids is 1. The number of benzene rings is 1. The molecule has 0 radical (unpaired) electrons. The predicted octanol–water partition coefficient (Wildman–Crippen LogP) is 3.31. The molecule has 2 nitrogen and oxygen atoms in total. The van der Waals surface area contributed by atoms with Crippen LogP contribution in [0.1, 0.15) is 43.9 Å². The summed E-state index contributed by atoms with van der Waals surface area (Å²) in [6, 6.07) is 6.27. The second kappa shape index (κ2) is 4.69. The van der Waals surface area contributed by atoms with Crippen LogP contribution in [0.4, 0.5) is 0 Å². The Balaban J connectivity index is 3.04. The van der Waals surface area contributed by atoms with Gasteiger partial charge in [-0.3, -0.25) is 4.79 Å². The third-order valence-electron chi connectivity index (χ3n) is 3.10. The van der Waals surface area contributed by atoms with Gasteiger partial charge in [0, 0.05) is 5.41 Å². The lowest BCUT2D eigenvalue weighted by Crippen LogP contribution is -2.21. The summed E-state index contributed by atoms with van der Waals surface area (Å²) in [5.74, 6) is -0.748. The number of carboxylic acid groups (broad SMARTS) is 1. The Hall–Kier alpha value is -1.31. The van der Waals surface area contributed by atoms with Crippen molar-refractivity contribution in [1.29, 1.82) is 0 Å². The van der Waals surface area contributed by atoms with Crippen molar-refractivity contribution >= 4 is 5.97 Å². The normalized spacial score (nSPS) is 11.5. The van der Waals surface area contributed by atoms with Gasteiger partial charge in [-0.05, 0) is 30.0 Å². The molecule has 16 heavy (non-hydrogen) atoms. The van der Waals surface area contributed by atoms with Crippen LogP contribution in [0, 0.1) is 6.92 Å². The van der Waals surface area contributed by atoms with E-state index >= 15 is 0 Å². The lowest BCUT2D eigenvalue weighted by Gasteiger charge is -2.24. The summed E-state index contributed by atoms with van der Waals surface area (Å²) in [5.41, 5.74) is 3.38. The minimum absolute atomic E-state index is 0.165. The average molecular weight is 220 g/mol. The van der Waals surface area contributed by atoms with Crippen molar-refractivity contribution < 1.29 is 9.90 Å². The zero-order valence-electron chi connectivity index (χ0n) is 10.5. The largest absolute Gasteiger partial charge is 0.481 e. The van der Waals surface area contributed by atoms with Crippen molar-refractivity contribution in [2.24, 2.45) is 0 Å². The fourth-order valence-electron chi connectivity index (χ4n) is 1.99. The van der Waals surface area contributed by atoms with Crippen LogP contribution in [-0.4, -0.2) is 11.1 Å². The minimum Gasteiger partial charge on any atom is -0.481 e. The lowest BCUT2D eigenvalue weighted by atomic mass is 9.80. The second-order valence-electron chi connectivity index (χ2n) is 4.95. The Morgan fingerprint density at radius 2 is 2.00 bits per heavy atom. The fourth-order valence-corrected chi connectivity index (χ4v) is 1.99. The third kappa shape index (κ3) is 2.84. The molecule has 0 aromatic heterocycles. The number of aryl methyl sites for hydroxylation is 2. The maximum absolute atomic E-state index is 10.8. The Bertz CT molecular complexity index is 392. The first-order valence-corrected chi connectivity index (χ1v) is 5.68. The zero-order valence-corrected chi connectivity index (χ0v) is 10.5. The molecule has 88 valence electrons. The van der Waals surface area contributed by atoms with Gasteiger partial charge in [-0.1, -0.05) is 39.0 Å². The Labute approximate surface area is 97.3 Å². The molecule has 0 bridgehead atoms. The van der Waals surface area contributed by atoms with E-state index in [1.54, 1.807) is 0 Å². The van der Waals surface area contributed by atoms with Gasteiger partial charge < -0.3 is 5.11 Å². The molecule has 0 saturated heterocycles. The lowest BCUT2D eigenvalue weighted by molar-refractivity contribution is -0.138. The standard InChI is InChI=1S/C14H20O2/c1-5-11-6-7-12(8-10(11)2)14(3,4)9-13(15)16/h6-8H,5,9H2,1-4H3,(H,15,16). The zero-order chi connectivity index (χ0) is 12.3. The molecule has 0 unspecified atom stereocenters. The summed E-state index contributed by atoms with van der Waals surface area (Å²) < 4.78 is 0. The van der Waals surface area contributed by atoms with E-state index in [-0.39, 0.29) is 11.8 Å². The van der Waals surface area contributed by atoms with Crippen molar-refractivity contribution in [2.45, 2.75) is 46.0 Å². The molecule has 0 aliphatic heterocycles. The molecule has 0 fully saturated rings. The first kappa shape index (κ1) is 12.8. The number of carbonyl (C=O) groups is 1. The minimum atomic E-state index is -0.748. The van der Waals surface area contributed by atoms with Crippen LogP contribution in [0.25, 0.3) is 0 Å². The van der Waals surface area contributed by atoms with E-state index in [1.165, 1.54) is 11.1 Å². The van der Waals surface area contributed by atoms with E-state index < -0.39 is 5.97 Å². The van der Waals surface area contributed by atoms with Gasteiger partial charge in [0.15, 0.2) is 0 Å². The van der Waals surface area contributed by atoms with Gasteiger partial charge in [0.2, 0.25) is 0 Å². The highest BCUT2D eigenvalue weighted by atomic mass is 16.4. The maximum atomic E-state index is 10.8. The van der Waals surface area contributed by atoms with Gasteiger partial charge in [-0.2, -0.15) is 0 Å². The molecule has 1 aromatic rings. The summed E-state index contributed by atoms with van der Waals surface area (Å²) in [6.45, 7) is 8.16. The molecular formula is C14H20O2. The van der Waals surface area contributed by atoms with E-state index in [1.807, 2.05) is 13.8 Å². The predicted molar refractivity (Wildman–Crippen MR) is 65.8 cm³/mol. The molecule has 1 rings (SSSR count). The summed E-state index contributed by atoms with van der Waals surface area (Å²) in [5, 5.41) is 8.88. The van der Waals surface area contributed by atoms with Gasteiger partial charge in [0.05, 0.1) is 6.42 Å². The molecule has 0 spiro atoms. The molecule has 0 heterocycles. The van der Waals surface area contributed by atoms with Gasteiger partial charge in [-0.15, -0.1) is 0 Å². The van der Waals surface area contributed by atoms with E-state index in [2.05, 4.69) is 32.0 Å². The quantitative estimate of drug-likeness (QED) is 0.845. The summed E-state index contributed by atoms with van der Waals surface area (Å²) in [4.78, 5) is 10.8. The average Bonchev–Trinajstić information content (AvgIpc) is 2.15. The smallest absolute Gasteiger partial charge is 0.304 e. The van der Waals surface area contributed by atoms with Crippen LogP contribution in [0.3, 0.4) is 0 Å². The number of hydrogen-bond donors (Lipinski definition) is 1. The molecule has 1 aromatic carbocycles. The van der Waals surface area contributed by atoms with Gasteiger partial charge >= 0.3 is 5.97 Å². The van der Waals surface area contributed by atoms with E-state index in [4.69, 9.17) is 5.11 Å². The SMILES string of the molecule is CCc1ccc(C(C)(C)CC(=O)O)cc1C. The van der Waals surface area contributed by atoms with E-state index in [0.29, 0.717) is 0 Å². The monoisotopic (exact) mass is 220 g/mol. The molecular weight excluding hydrogens is 200 g/mol. The highest BCUT2D eigenvalue weighted by Gasteiger charge is 2.24.